The van der Waals surface area contributed by atoms with Crippen LogP contribution >= 0.6 is 0 Å². The number of nitrogens with zero attached hydrogens (tertiary/aromatic N) is 1. The van der Waals surface area contributed by atoms with Gasteiger partial charge in [-0.3, -0.25) is 9.59 Å². The molecule has 1 saturated heterocycles. The number of fused-ring (bicyclic) bond motifs is 5. The largest absolute Gasteiger partial charge is 0.353 e. The van der Waals surface area contributed by atoms with Gasteiger partial charge in [-0.25, -0.2) is 0 Å². The van der Waals surface area contributed by atoms with Gasteiger partial charge in [0.2, 0.25) is 11.8 Å². The van der Waals surface area contributed by atoms with Crippen LogP contribution < -0.4 is 5.32 Å². The molecule has 0 aromatic rings. The van der Waals surface area contributed by atoms with Crippen LogP contribution in [0.5, 0.6) is 0 Å². The van der Waals surface area contributed by atoms with Gasteiger partial charge in [-0.15, -0.1) is 0 Å². The molecule has 182 valence electrons. The second kappa shape index (κ2) is 8.31. The van der Waals surface area contributed by atoms with Gasteiger partial charge in [0.05, 0.1) is 0 Å². The number of rotatable bonds is 4. The summed E-state index contributed by atoms with van der Waals surface area (Å²) in [6, 6.07) is 0.763. The molecule has 0 radical (unpaired) electrons. The molecular formula is C28H48N2O2. The molecule has 0 aromatic heterocycles. The molecule has 4 aliphatic rings. The fraction of sp³-hybridized carbons (Fsp3) is 0.929. The molecule has 2 unspecified atom stereocenters. The predicted molar refractivity (Wildman–Crippen MR) is 130 cm³/mol. The van der Waals surface area contributed by atoms with Gasteiger partial charge in [-0.2, -0.15) is 0 Å². The summed E-state index contributed by atoms with van der Waals surface area (Å²) in [4.78, 5) is 27.4. The second-order valence-electron chi connectivity index (χ2n) is 13.8. The molecule has 1 aliphatic heterocycles. The first-order valence-corrected chi connectivity index (χ1v) is 13.4. The lowest BCUT2D eigenvalue weighted by atomic mass is 9.47. The second-order valence-corrected chi connectivity index (χ2v) is 13.8. The minimum atomic E-state index is 0.240. The van der Waals surface area contributed by atoms with Gasteiger partial charge in [0.25, 0.3) is 0 Å². The third-order valence-electron chi connectivity index (χ3n) is 10.4. The van der Waals surface area contributed by atoms with Crippen LogP contribution in [0.1, 0.15) is 106 Å². The number of piperidine rings is 1. The summed E-state index contributed by atoms with van der Waals surface area (Å²) in [5.41, 5.74) is 0.787. The third-order valence-corrected chi connectivity index (χ3v) is 10.4. The molecule has 0 bridgehead atoms. The van der Waals surface area contributed by atoms with Crippen molar-refractivity contribution in [2.24, 2.45) is 39.9 Å². The molecule has 2 amide bonds. The monoisotopic (exact) mass is 444 g/mol. The van der Waals surface area contributed by atoms with Crippen LogP contribution in [0.15, 0.2) is 0 Å². The number of hydrogen-bond donors (Lipinski definition) is 1. The lowest BCUT2D eigenvalue weighted by molar-refractivity contribution is -0.157. The maximum absolute atomic E-state index is 13.0. The first kappa shape index (κ1) is 24.1. The third kappa shape index (κ3) is 4.13. The number of nitrogens with one attached hydrogen (secondary N) is 1. The van der Waals surface area contributed by atoms with Crippen LogP contribution in [0.2, 0.25) is 0 Å². The Balaban J connectivity index is 1.43. The number of likely N-dealkylation sites (tertiary alicyclic amines) is 1. The Hall–Kier alpha value is -1.06. The molecule has 0 spiro atoms. The summed E-state index contributed by atoms with van der Waals surface area (Å²) in [5.74, 6) is 3.25. The van der Waals surface area contributed by atoms with E-state index in [0.29, 0.717) is 30.3 Å². The van der Waals surface area contributed by atoms with Crippen molar-refractivity contribution in [2.75, 3.05) is 7.05 Å². The van der Waals surface area contributed by atoms with E-state index in [1.165, 1.54) is 25.7 Å². The van der Waals surface area contributed by atoms with E-state index >= 15 is 0 Å². The van der Waals surface area contributed by atoms with E-state index in [1.807, 2.05) is 7.05 Å². The van der Waals surface area contributed by atoms with E-state index in [-0.39, 0.29) is 22.2 Å². The highest BCUT2D eigenvalue weighted by atomic mass is 16.2. The Morgan fingerprint density at radius 2 is 1.75 bits per heavy atom. The molecule has 1 N–H and O–H groups in total. The highest BCUT2D eigenvalue weighted by Gasteiger charge is 2.61. The Morgan fingerprint density at radius 1 is 1.06 bits per heavy atom. The minimum absolute atomic E-state index is 0.240. The van der Waals surface area contributed by atoms with Crippen LogP contribution in [0, 0.1) is 39.9 Å². The average molecular weight is 445 g/mol. The highest BCUT2D eigenvalue weighted by molar-refractivity contribution is 5.77. The van der Waals surface area contributed by atoms with E-state index in [4.69, 9.17) is 0 Å². The standard InChI is InChI=1S/C28H48N2O2/c1-18(17-26(2,3)4)16-24(31)29-22-10-9-20-19-8-11-23-28(6,15-13-25(32)30(23)7)21(19)12-14-27(20,22)5/h18-23H,8-17H2,1-7H3,(H,29,31)/t18?,19-,20-,21-,22?,23+,27-,28+/m0/s1. The molecule has 3 saturated carbocycles. The van der Waals surface area contributed by atoms with Crippen molar-refractivity contribution in [1.29, 1.82) is 0 Å². The van der Waals surface area contributed by atoms with Crippen LogP contribution in [0.4, 0.5) is 0 Å². The van der Waals surface area contributed by atoms with Crippen molar-refractivity contribution in [2.45, 2.75) is 118 Å². The van der Waals surface area contributed by atoms with Gasteiger partial charge in [0, 0.05) is 32.0 Å². The molecular weight excluding hydrogens is 396 g/mol. The zero-order chi connectivity index (χ0) is 23.5. The summed E-state index contributed by atoms with van der Waals surface area (Å²) < 4.78 is 0. The number of amides is 2. The van der Waals surface area contributed by atoms with Gasteiger partial charge >= 0.3 is 0 Å². The van der Waals surface area contributed by atoms with Crippen molar-refractivity contribution < 1.29 is 9.59 Å². The Labute approximate surface area is 196 Å². The Bertz CT molecular complexity index is 742. The van der Waals surface area contributed by atoms with E-state index in [9.17, 15) is 9.59 Å². The summed E-state index contributed by atoms with van der Waals surface area (Å²) in [5, 5.41) is 3.52. The maximum Gasteiger partial charge on any atom is 0.222 e. The fourth-order valence-corrected chi connectivity index (χ4v) is 9.07. The van der Waals surface area contributed by atoms with Crippen LogP contribution in [-0.4, -0.2) is 35.8 Å². The van der Waals surface area contributed by atoms with Crippen molar-refractivity contribution >= 4 is 11.8 Å². The maximum atomic E-state index is 13.0. The Morgan fingerprint density at radius 3 is 2.44 bits per heavy atom. The van der Waals surface area contributed by atoms with Crippen molar-refractivity contribution in [3.05, 3.63) is 0 Å². The van der Waals surface area contributed by atoms with E-state index in [2.05, 4.69) is 51.8 Å². The van der Waals surface area contributed by atoms with Gasteiger partial charge in [0.15, 0.2) is 0 Å². The van der Waals surface area contributed by atoms with Gasteiger partial charge in [0.1, 0.15) is 0 Å². The van der Waals surface area contributed by atoms with Crippen LogP contribution in [-0.2, 0) is 9.59 Å². The average Bonchev–Trinajstić information content (AvgIpc) is 3.00. The van der Waals surface area contributed by atoms with Gasteiger partial charge in [-0.05, 0) is 91.3 Å². The van der Waals surface area contributed by atoms with Gasteiger partial charge < -0.3 is 10.2 Å². The first-order valence-electron chi connectivity index (χ1n) is 13.4. The zero-order valence-corrected chi connectivity index (χ0v) is 21.8. The first-order chi connectivity index (χ1) is 14.8. The summed E-state index contributed by atoms with van der Waals surface area (Å²) >= 11 is 0. The van der Waals surface area contributed by atoms with Crippen LogP contribution in [0.3, 0.4) is 0 Å². The quantitative estimate of drug-likeness (QED) is 0.596. The molecule has 4 heteroatoms. The lowest BCUT2D eigenvalue weighted by Crippen LogP contribution is -2.62. The minimum Gasteiger partial charge on any atom is -0.353 e. The van der Waals surface area contributed by atoms with E-state index in [1.54, 1.807) is 0 Å². The predicted octanol–water partition coefficient (Wildman–Crippen LogP) is 5.80. The lowest BCUT2D eigenvalue weighted by Gasteiger charge is -2.61. The summed E-state index contributed by atoms with van der Waals surface area (Å²) in [7, 11) is 2.04. The number of carbonyl (C=O) groups excluding carboxylic acids is 2. The molecule has 32 heavy (non-hydrogen) atoms. The number of hydrogen-bond acceptors (Lipinski definition) is 2. The molecule has 1 heterocycles. The van der Waals surface area contributed by atoms with Crippen molar-refractivity contribution in [3.8, 4) is 0 Å². The molecule has 4 rings (SSSR count). The van der Waals surface area contributed by atoms with Crippen LogP contribution in [0.25, 0.3) is 0 Å². The zero-order valence-electron chi connectivity index (χ0n) is 21.8. The normalized spacial score (nSPS) is 42.7. The highest BCUT2D eigenvalue weighted by Crippen LogP contribution is 2.64. The molecule has 8 atom stereocenters. The molecule has 4 fully saturated rings. The molecule has 3 aliphatic carbocycles. The number of carbonyl (C=O) groups is 2. The smallest absolute Gasteiger partial charge is 0.222 e. The summed E-state index contributed by atoms with van der Waals surface area (Å²) in [6.07, 6.45) is 10.8. The molecule has 4 nitrogen and oxygen atoms in total. The van der Waals surface area contributed by atoms with E-state index in [0.717, 1.165) is 49.9 Å². The van der Waals surface area contributed by atoms with Crippen molar-refractivity contribution in [1.82, 2.24) is 10.2 Å². The van der Waals surface area contributed by atoms with Gasteiger partial charge in [-0.1, -0.05) is 41.5 Å². The SMILES string of the molecule is CC(CC(=O)NC1CC[C@H]2[C@@H]3CC[C@H]4N(C)C(=O)CC[C@]4(C)[C@H]3CC[C@]12C)CC(C)(C)C. The fourth-order valence-electron chi connectivity index (χ4n) is 9.07. The molecule has 0 aromatic carbocycles. The topological polar surface area (TPSA) is 49.4 Å². The van der Waals surface area contributed by atoms with Crippen molar-refractivity contribution in [3.63, 3.8) is 0 Å². The summed E-state index contributed by atoms with van der Waals surface area (Å²) in [6.45, 7) is 14.0. The van der Waals surface area contributed by atoms with E-state index < -0.39 is 0 Å². The Kier molecular flexibility index (Phi) is 6.25.